The van der Waals surface area contributed by atoms with Gasteiger partial charge in [-0.2, -0.15) is 0 Å². The van der Waals surface area contributed by atoms with Gasteiger partial charge in [0.05, 0.1) is 27.1 Å². The van der Waals surface area contributed by atoms with Crippen LogP contribution < -0.4 is 0 Å². The highest BCUT2D eigenvalue weighted by Crippen LogP contribution is 2.32. The van der Waals surface area contributed by atoms with Crippen LogP contribution >= 0.6 is 23.2 Å². The number of para-hydroxylation sites is 2. The topological polar surface area (TPSA) is 49.0 Å². The standard InChI is InChI=1S/C20H17Cl2N3O/c21-14-6-3-5-13(19(14)22)10-11-18(26)25-12-4-9-17(25)20-23-15-7-1-2-8-16(15)24-20/h1-3,5-8,10-11,17H,4,9,12H2,(H,23,24)/b11-10+/t17-/m1/s1. The Hall–Kier alpha value is -2.30. The maximum Gasteiger partial charge on any atom is 0.247 e. The maximum absolute atomic E-state index is 12.7. The maximum atomic E-state index is 12.7. The summed E-state index contributed by atoms with van der Waals surface area (Å²) in [6.45, 7) is 0.716. The lowest BCUT2D eigenvalue weighted by Crippen LogP contribution is -2.29. The van der Waals surface area contributed by atoms with E-state index in [2.05, 4.69) is 9.97 Å². The molecular weight excluding hydrogens is 369 g/mol. The first-order chi connectivity index (χ1) is 12.6. The Labute approximate surface area is 161 Å². The summed E-state index contributed by atoms with van der Waals surface area (Å²) >= 11 is 12.2. The molecule has 1 aliphatic heterocycles. The molecule has 4 rings (SSSR count). The number of H-pyrrole nitrogens is 1. The van der Waals surface area contributed by atoms with Gasteiger partial charge in [0.1, 0.15) is 5.82 Å². The van der Waals surface area contributed by atoms with Crippen molar-refractivity contribution in [1.82, 2.24) is 14.9 Å². The van der Waals surface area contributed by atoms with Gasteiger partial charge in [-0.3, -0.25) is 4.79 Å². The van der Waals surface area contributed by atoms with E-state index < -0.39 is 0 Å². The normalized spacial score (nSPS) is 17.5. The first-order valence-electron chi connectivity index (χ1n) is 8.51. The second-order valence-electron chi connectivity index (χ2n) is 6.31. The van der Waals surface area contributed by atoms with Crippen molar-refractivity contribution >= 4 is 46.2 Å². The van der Waals surface area contributed by atoms with E-state index in [0.29, 0.717) is 16.6 Å². The largest absolute Gasteiger partial charge is 0.340 e. The van der Waals surface area contributed by atoms with Gasteiger partial charge in [-0.05, 0) is 42.7 Å². The average molecular weight is 386 g/mol. The number of carbonyl (C=O) groups excluding carboxylic acids is 1. The number of likely N-dealkylation sites (tertiary alicyclic amines) is 1. The number of carbonyl (C=O) groups is 1. The molecule has 2 heterocycles. The Morgan fingerprint density at radius 2 is 2.04 bits per heavy atom. The molecule has 6 heteroatoms. The lowest BCUT2D eigenvalue weighted by Gasteiger charge is -2.21. The molecule has 1 aliphatic rings. The number of nitrogens with one attached hydrogen (secondary N) is 1. The molecule has 2 aromatic carbocycles. The van der Waals surface area contributed by atoms with Gasteiger partial charge in [0.15, 0.2) is 0 Å². The summed E-state index contributed by atoms with van der Waals surface area (Å²) < 4.78 is 0. The number of aromatic nitrogens is 2. The van der Waals surface area contributed by atoms with Gasteiger partial charge in [0, 0.05) is 12.6 Å². The minimum absolute atomic E-state index is 0.0330. The van der Waals surface area contributed by atoms with Crippen molar-refractivity contribution in [3.8, 4) is 0 Å². The molecule has 0 radical (unpaired) electrons. The van der Waals surface area contributed by atoms with Crippen molar-refractivity contribution in [2.24, 2.45) is 0 Å². The Balaban J connectivity index is 1.57. The number of nitrogens with zero attached hydrogens (tertiary/aromatic N) is 2. The number of benzene rings is 2. The fourth-order valence-corrected chi connectivity index (χ4v) is 3.72. The second kappa shape index (κ2) is 7.14. The molecule has 3 aromatic rings. The minimum Gasteiger partial charge on any atom is -0.340 e. The molecule has 0 saturated carbocycles. The molecule has 132 valence electrons. The third kappa shape index (κ3) is 3.22. The number of rotatable bonds is 3. The highest BCUT2D eigenvalue weighted by Gasteiger charge is 2.31. The van der Waals surface area contributed by atoms with Crippen molar-refractivity contribution in [3.05, 3.63) is 70.0 Å². The number of hydrogen-bond acceptors (Lipinski definition) is 2. The summed E-state index contributed by atoms with van der Waals surface area (Å²) in [6, 6.07) is 13.2. The molecule has 0 unspecified atom stereocenters. The Morgan fingerprint density at radius 1 is 1.19 bits per heavy atom. The van der Waals surface area contributed by atoms with E-state index in [0.717, 1.165) is 35.3 Å². The lowest BCUT2D eigenvalue weighted by atomic mass is 10.2. The monoisotopic (exact) mass is 385 g/mol. The zero-order chi connectivity index (χ0) is 18.1. The molecule has 1 saturated heterocycles. The Bertz CT molecular complexity index is 963. The highest BCUT2D eigenvalue weighted by molar-refractivity contribution is 6.42. The SMILES string of the molecule is O=C(/C=C/c1cccc(Cl)c1Cl)N1CCC[C@@H]1c1nc2ccccc2[nH]1. The first-order valence-corrected chi connectivity index (χ1v) is 9.26. The van der Waals surface area contributed by atoms with Gasteiger partial charge in [0.25, 0.3) is 0 Å². The molecule has 1 fully saturated rings. The third-order valence-corrected chi connectivity index (χ3v) is 5.48. The number of amides is 1. The quantitative estimate of drug-likeness (QED) is 0.626. The molecule has 4 nitrogen and oxygen atoms in total. The van der Waals surface area contributed by atoms with E-state index in [1.807, 2.05) is 41.3 Å². The van der Waals surface area contributed by atoms with Gasteiger partial charge in [-0.15, -0.1) is 0 Å². The van der Waals surface area contributed by atoms with Crippen LogP contribution in [0.3, 0.4) is 0 Å². The van der Waals surface area contributed by atoms with Crippen molar-refractivity contribution in [3.63, 3.8) is 0 Å². The van der Waals surface area contributed by atoms with E-state index in [1.165, 1.54) is 0 Å². The third-order valence-electron chi connectivity index (χ3n) is 4.65. The molecule has 0 aliphatic carbocycles. The van der Waals surface area contributed by atoms with E-state index in [1.54, 1.807) is 18.2 Å². The van der Waals surface area contributed by atoms with Crippen LogP contribution in [0.5, 0.6) is 0 Å². The van der Waals surface area contributed by atoms with E-state index in [4.69, 9.17) is 23.2 Å². The summed E-state index contributed by atoms with van der Waals surface area (Å²) in [5.74, 6) is 0.787. The number of imidazole rings is 1. The number of fused-ring (bicyclic) bond motifs is 1. The molecule has 1 N–H and O–H groups in total. The molecule has 1 aromatic heterocycles. The van der Waals surface area contributed by atoms with Crippen molar-refractivity contribution in [2.75, 3.05) is 6.54 Å². The predicted octanol–water partition coefficient (Wildman–Crippen LogP) is 5.25. The van der Waals surface area contributed by atoms with Gasteiger partial charge in [-0.1, -0.05) is 47.5 Å². The molecule has 26 heavy (non-hydrogen) atoms. The smallest absolute Gasteiger partial charge is 0.247 e. The molecular formula is C20H17Cl2N3O. The van der Waals surface area contributed by atoms with E-state index >= 15 is 0 Å². The van der Waals surface area contributed by atoms with Crippen LogP contribution in [0.25, 0.3) is 17.1 Å². The molecule has 0 spiro atoms. The zero-order valence-electron chi connectivity index (χ0n) is 14.0. The van der Waals surface area contributed by atoms with Gasteiger partial charge >= 0.3 is 0 Å². The van der Waals surface area contributed by atoms with Gasteiger partial charge < -0.3 is 9.88 Å². The van der Waals surface area contributed by atoms with E-state index in [9.17, 15) is 4.79 Å². The van der Waals surface area contributed by atoms with E-state index in [-0.39, 0.29) is 11.9 Å². The van der Waals surface area contributed by atoms with Crippen LogP contribution in [0.4, 0.5) is 0 Å². The fourth-order valence-electron chi connectivity index (χ4n) is 3.35. The van der Waals surface area contributed by atoms with Crippen molar-refractivity contribution in [2.45, 2.75) is 18.9 Å². The van der Waals surface area contributed by atoms with Crippen LogP contribution in [0, 0.1) is 0 Å². The van der Waals surface area contributed by atoms with Gasteiger partial charge in [0.2, 0.25) is 5.91 Å². The summed E-state index contributed by atoms with van der Waals surface area (Å²) in [7, 11) is 0. The summed E-state index contributed by atoms with van der Waals surface area (Å²) in [4.78, 5) is 22.6. The summed E-state index contributed by atoms with van der Waals surface area (Å²) in [5.41, 5.74) is 2.64. The average Bonchev–Trinajstić information content (AvgIpc) is 3.29. The lowest BCUT2D eigenvalue weighted by molar-refractivity contribution is -0.126. The van der Waals surface area contributed by atoms with Crippen LogP contribution in [-0.2, 0) is 4.79 Å². The first kappa shape index (κ1) is 17.1. The number of hydrogen-bond donors (Lipinski definition) is 1. The summed E-state index contributed by atoms with van der Waals surface area (Å²) in [5, 5.41) is 0.927. The zero-order valence-corrected chi connectivity index (χ0v) is 15.5. The minimum atomic E-state index is -0.0519. The van der Waals surface area contributed by atoms with Crippen LogP contribution in [-0.4, -0.2) is 27.3 Å². The number of halogens is 2. The second-order valence-corrected chi connectivity index (χ2v) is 7.09. The van der Waals surface area contributed by atoms with Crippen molar-refractivity contribution < 1.29 is 4.79 Å². The molecule has 1 amide bonds. The predicted molar refractivity (Wildman–Crippen MR) is 105 cm³/mol. The highest BCUT2D eigenvalue weighted by atomic mass is 35.5. The molecule has 0 bridgehead atoms. The van der Waals surface area contributed by atoms with Crippen LogP contribution in [0.2, 0.25) is 10.0 Å². The van der Waals surface area contributed by atoms with Crippen molar-refractivity contribution in [1.29, 1.82) is 0 Å². The van der Waals surface area contributed by atoms with Gasteiger partial charge in [-0.25, -0.2) is 4.98 Å². The fraction of sp³-hybridized carbons (Fsp3) is 0.200. The van der Waals surface area contributed by atoms with Crippen LogP contribution in [0.1, 0.15) is 30.3 Å². The van der Waals surface area contributed by atoms with Crippen LogP contribution in [0.15, 0.2) is 48.5 Å². The Morgan fingerprint density at radius 3 is 2.88 bits per heavy atom. The summed E-state index contributed by atoms with van der Waals surface area (Å²) in [6.07, 6.45) is 5.12. The molecule has 1 atom stereocenters. The number of aromatic amines is 1. The Kier molecular flexibility index (Phi) is 4.70.